The number of fused-ring (bicyclic) bond motifs is 3. The van der Waals surface area contributed by atoms with Gasteiger partial charge in [-0.2, -0.15) is 0 Å². The summed E-state index contributed by atoms with van der Waals surface area (Å²) in [6.45, 7) is 4.64. The van der Waals surface area contributed by atoms with E-state index in [-0.39, 0.29) is 0 Å². The van der Waals surface area contributed by atoms with Crippen LogP contribution < -0.4 is 0 Å². The standard InChI is InChI=1S/C18H16N4/c1-12-7-3-4-8-14(12)18-15-9-5-6-10-16(15)22-13(2)20-21-17(22)11-19-18/h3-10H,11H2,1-2H3. The van der Waals surface area contributed by atoms with Gasteiger partial charge in [-0.05, 0) is 25.5 Å². The van der Waals surface area contributed by atoms with Gasteiger partial charge in [0.25, 0.3) is 0 Å². The van der Waals surface area contributed by atoms with Crippen LogP contribution in [-0.2, 0) is 6.54 Å². The van der Waals surface area contributed by atoms with Gasteiger partial charge >= 0.3 is 0 Å². The van der Waals surface area contributed by atoms with Crippen LogP contribution in [-0.4, -0.2) is 20.5 Å². The van der Waals surface area contributed by atoms with Gasteiger partial charge in [-0.3, -0.25) is 9.56 Å². The molecule has 4 rings (SSSR count). The minimum absolute atomic E-state index is 0.541. The molecule has 0 saturated heterocycles. The minimum atomic E-state index is 0.541. The number of hydrogen-bond donors (Lipinski definition) is 0. The fraction of sp³-hybridized carbons (Fsp3) is 0.167. The van der Waals surface area contributed by atoms with Gasteiger partial charge < -0.3 is 0 Å². The van der Waals surface area contributed by atoms with E-state index in [0.717, 1.165) is 28.6 Å². The Labute approximate surface area is 129 Å². The molecule has 0 spiro atoms. The molecule has 1 aliphatic rings. The molecule has 1 aromatic heterocycles. The maximum Gasteiger partial charge on any atom is 0.159 e. The van der Waals surface area contributed by atoms with Crippen LogP contribution in [0.2, 0.25) is 0 Å². The summed E-state index contributed by atoms with van der Waals surface area (Å²) in [4.78, 5) is 4.84. The third-order valence-corrected chi connectivity index (χ3v) is 4.07. The molecule has 4 nitrogen and oxygen atoms in total. The molecule has 0 fully saturated rings. The molecule has 0 N–H and O–H groups in total. The molecule has 2 heterocycles. The monoisotopic (exact) mass is 288 g/mol. The number of rotatable bonds is 1. The van der Waals surface area contributed by atoms with Crippen molar-refractivity contribution in [1.29, 1.82) is 0 Å². The Morgan fingerprint density at radius 3 is 2.41 bits per heavy atom. The first-order valence-electron chi connectivity index (χ1n) is 7.37. The highest BCUT2D eigenvalue weighted by Crippen LogP contribution is 2.26. The summed E-state index contributed by atoms with van der Waals surface area (Å²) in [6, 6.07) is 16.7. The molecule has 0 aliphatic carbocycles. The summed E-state index contributed by atoms with van der Waals surface area (Å²) < 4.78 is 2.10. The van der Waals surface area contributed by atoms with Gasteiger partial charge in [-0.15, -0.1) is 10.2 Å². The van der Waals surface area contributed by atoms with Crippen molar-refractivity contribution in [2.24, 2.45) is 4.99 Å². The third-order valence-electron chi connectivity index (χ3n) is 4.07. The highest BCUT2D eigenvalue weighted by molar-refractivity contribution is 6.15. The van der Waals surface area contributed by atoms with Gasteiger partial charge in [0.2, 0.25) is 0 Å². The van der Waals surface area contributed by atoms with Crippen molar-refractivity contribution in [3.05, 3.63) is 76.9 Å². The number of nitrogens with zero attached hydrogens (tertiary/aromatic N) is 4. The summed E-state index contributed by atoms with van der Waals surface area (Å²) in [6.07, 6.45) is 0. The molecule has 0 saturated carbocycles. The van der Waals surface area contributed by atoms with Crippen molar-refractivity contribution in [3.63, 3.8) is 0 Å². The van der Waals surface area contributed by atoms with E-state index in [1.165, 1.54) is 11.1 Å². The van der Waals surface area contributed by atoms with Crippen LogP contribution >= 0.6 is 0 Å². The summed E-state index contributed by atoms with van der Waals surface area (Å²) >= 11 is 0. The largest absolute Gasteiger partial charge is 0.281 e. The average Bonchev–Trinajstić information content (AvgIpc) is 2.82. The maximum atomic E-state index is 4.84. The van der Waals surface area contributed by atoms with Crippen LogP contribution in [0.1, 0.15) is 28.3 Å². The predicted octanol–water partition coefficient (Wildman–Crippen LogP) is 3.24. The first kappa shape index (κ1) is 13.0. The lowest BCUT2D eigenvalue weighted by Crippen LogP contribution is -2.09. The topological polar surface area (TPSA) is 43.1 Å². The van der Waals surface area contributed by atoms with Crippen molar-refractivity contribution in [3.8, 4) is 5.69 Å². The number of para-hydroxylation sites is 1. The molecule has 3 aromatic rings. The zero-order chi connectivity index (χ0) is 15.1. The van der Waals surface area contributed by atoms with E-state index in [9.17, 15) is 0 Å². The Hall–Kier alpha value is -2.75. The van der Waals surface area contributed by atoms with Gasteiger partial charge in [0.15, 0.2) is 5.82 Å². The number of aromatic nitrogens is 3. The second-order valence-electron chi connectivity index (χ2n) is 5.50. The lowest BCUT2D eigenvalue weighted by molar-refractivity contribution is 0.861. The molecule has 22 heavy (non-hydrogen) atoms. The van der Waals surface area contributed by atoms with Crippen molar-refractivity contribution in [2.45, 2.75) is 20.4 Å². The second kappa shape index (κ2) is 4.91. The third kappa shape index (κ3) is 1.88. The second-order valence-corrected chi connectivity index (χ2v) is 5.50. The van der Waals surface area contributed by atoms with E-state index in [1.54, 1.807) is 0 Å². The summed E-state index contributed by atoms with van der Waals surface area (Å²) in [5.74, 6) is 1.78. The highest BCUT2D eigenvalue weighted by atomic mass is 15.3. The summed E-state index contributed by atoms with van der Waals surface area (Å²) in [5, 5.41) is 8.47. The molecule has 108 valence electrons. The lowest BCUT2D eigenvalue weighted by Gasteiger charge is -2.13. The predicted molar refractivity (Wildman–Crippen MR) is 86.6 cm³/mol. The highest BCUT2D eigenvalue weighted by Gasteiger charge is 2.21. The van der Waals surface area contributed by atoms with Gasteiger partial charge in [0.05, 0.1) is 11.4 Å². The summed E-state index contributed by atoms with van der Waals surface area (Å²) in [7, 11) is 0. The van der Waals surface area contributed by atoms with Crippen molar-refractivity contribution >= 4 is 5.71 Å². The Morgan fingerprint density at radius 2 is 1.59 bits per heavy atom. The van der Waals surface area contributed by atoms with E-state index < -0.39 is 0 Å². The molecule has 4 heteroatoms. The molecule has 2 aromatic carbocycles. The van der Waals surface area contributed by atoms with Crippen LogP contribution in [0.15, 0.2) is 53.5 Å². The minimum Gasteiger partial charge on any atom is -0.281 e. The molecule has 0 unspecified atom stereocenters. The van der Waals surface area contributed by atoms with Crippen molar-refractivity contribution in [2.75, 3.05) is 0 Å². The fourth-order valence-corrected chi connectivity index (χ4v) is 2.99. The van der Waals surface area contributed by atoms with Gasteiger partial charge in [0, 0.05) is 11.1 Å². The van der Waals surface area contributed by atoms with Crippen LogP contribution in [0.3, 0.4) is 0 Å². The first-order chi connectivity index (χ1) is 10.8. The van der Waals surface area contributed by atoms with E-state index in [4.69, 9.17) is 4.99 Å². The van der Waals surface area contributed by atoms with Crippen LogP contribution in [0.4, 0.5) is 0 Å². The number of hydrogen-bond acceptors (Lipinski definition) is 3. The lowest BCUT2D eigenvalue weighted by atomic mass is 9.97. The molecular weight excluding hydrogens is 272 g/mol. The Morgan fingerprint density at radius 1 is 0.864 bits per heavy atom. The van der Waals surface area contributed by atoms with E-state index in [2.05, 4.69) is 64.2 Å². The maximum absolute atomic E-state index is 4.84. The van der Waals surface area contributed by atoms with Crippen LogP contribution in [0.25, 0.3) is 5.69 Å². The van der Waals surface area contributed by atoms with Gasteiger partial charge in [-0.1, -0.05) is 42.5 Å². The number of benzene rings is 2. The van der Waals surface area contributed by atoms with Gasteiger partial charge in [-0.25, -0.2) is 0 Å². The Kier molecular flexibility index (Phi) is 2.89. The Bertz CT molecular complexity index is 890. The van der Waals surface area contributed by atoms with Crippen molar-refractivity contribution < 1.29 is 0 Å². The van der Waals surface area contributed by atoms with E-state index in [1.807, 2.05) is 13.0 Å². The fourth-order valence-electron chi connectivity index (χ4n) is 2.99. The van der Waals surface area contributed by atoms with Gasteiger partial charge in [0.1, 0.15) is 12.4 Å². The zero-order valence-corrected chi connectivity index (χ0v) is 12.6. The van der Waals surface area contributed by atoms with E-state index in [0.29, 0.717) is 6.54 Å². The summed E-state index contributed by atoms with van der Waals surface area (Å²) in [5.41, 5.74) is 5.65. The normalized spacial score (nSPS) is 13.1. The first-order valence-corrected chi connectivity index (χ1v) is 7.37. The molecule has 0 atom stereocenters. The number of aryl methyl sites for hydroxylation is 2. The van der Waals surface area contributed by atoms with Crippen LogP contribution in [0, 0.1) is 13.8 Å². The molecule has 0 radical (unpaired) electrons. The average molecular weight is 288 g/mol. The molecular formula is C18H16N4. The number of aliphatic imine (C=N–C) groups is 1. The van der Waals surface area contributed by atoms with E-state index >= 15 is 0 Å². The SMILES string of the molecule is Cc1ccccc1C1=NCc2nnc(C)n2-c2ccccc21. The molecule has 1 aliphatic heterocycles. The molecule has 0 bridgehead atoms. The van der Waals surface area contributed by atoms with Crippen LogP contribution in [0.5, 0.6) is 0 Å². The van der Waals surface area contributed by atoms with Crippen molar-refractivity contribution in [1.82, 2.24) is 14.8 Å². The zero-order valence-electron chi connectivity index (χ0n) is 12.6. The quantitative estimate of drug-likeness (QED) is 0.690. The Balaban J connectivity index is 2.01. The molecule has 0 amide bonds. The smallest absolute Gasteiger partial charge is 0.159 e.